The van der Waals surface area contributed by atoms with E-state index < -0.39 is 10.5 Å². The summed E-state index contributed by atoms with van der Waals surface area (Å²) in [6.07, 6.45) is 5.49. The van der Waals surface area contributed by atoms with Gasteiger partial charge in [-0.15, -0.1) is 0 Å². The molecule has 0 atom stereocenters. The van der Waals surface area contributed by atoms with Crippen LogP contribution in [0.25, 0.3) is 11.3 Å². The molecule has 0 unspecified atom stereocenters. The molecule has 1 saturated heterocycles. The molecule has 14 heteroatoms. The first kappa shape index (κ1) is 31.2. The summed E-state index contributed by atoms with van der Waals surface area (Å²) in [5.41, 5.74) is 4.30. The number of nitrogens with one attached hydrogen (secondary N) is 1. The zero-order chi connectivity index (χ0) is 33.9. The van der Waals surface area contributed by atoms with E-state index in [0.717, 1.165) is 25.9 Å². The van der Waals surface area contributed by atoms with Crippen LogP contribution in [0, 0.1) is 15.5 Å². The first-order valence-corrected chi connectivity index (χ1v) is 16.0. The van der Waals surface area contributed by atoms with Crippen LogP contribution in [-0.4, -0.2) is 80.9 Å². The lowest BCUT2D eigenvalue weighted by atomic mass is 9.90. The first-order chi connectivity index (χ1) is 22.9. The third kappa shape index (κ3) is 5.41. The third-order valence-electron chi connectivity index (χ3n) is 9.59. The maximum atomic E-state index is 13.8. The van der Waals surface area contributed by atoms with E-state index in [4.69, 9.17) is 0 Å². The minimum Gasteiger partial charge on any atom is -0.363 e. The molecule has 1 aromatic carbocycles. The third-order valence-corrected chi connectivity index (χ3v) is 9.59. The summed E-state index contributed by atoms with van der Waals surface area (Å²) in [7, 11) is 3.57. The van der Waals surface area contributed by atoms with Crippen molar-refractivity contribution in [1.29, 1.82) is 0 Å². The molecule has 0 saturated carbocycles. The second kappa shape index (κ2) is 11.7. The lowest BCUT2D eigenvalue weighted by Gasteiger charge is -2.33. The molecule has 0 bridgehead atoms. The van der Waals surface area contributed by atoms with Crippen molar-refractivity contribution in [3.05, 3.63) is 85.7 Å². The fraction of sp³-hybridized carbons (Fsp3) is 0.382. The number of hydrogen-bond donors (Lipinski definition) is 1. The van der Waals surface area contributed by atoms with E-state index in [-0.39, 0.29) is 34.2 Å². The van der Waals surface area contributed by atoms with Gasteiger partial charge in [-0.25, -0.2) is 9.97 Å². The molecule has 1 fully saturated rings. The number of benzene rings is 1. The van der Waals surface area contributed by atoms with E-state index in [1.54, 1.807) is 25.2 Å². The van der Waals surface area contributed by atoms with Gasteiger partial charge in [0.2, 0.25) is 0 Å². The van der Waals surface area contributed by atoms with Crippen LogP contribution >= 0.6 is 0 Å². The molecule has 1 amide bonds. The van der Waals surface area contributed by atoms with Gasteiger partial charge in [0.15, 0.2) is 12.1 Å². The van der Waals surface area contributed by atoms with Crippen molar-refractivity contribution in [3.8, 4) is 11.3 Å². The Bertz CT molecular complexity index is 2040. The number of nitrogens with zero attached hydrogens (tertiary/aromatic N) is 8. The van der Waals surface area contributed by atoms with Crippen LogP contribution in [0.4, 0.5) is 28.7 Å². The van der Waals surface area contributed by atoms with Gasteiger partial charge in [0.25, 0.3) is 17.2 Å². The molecule has 2 aliphatic heterocycles. The number of carbonyl (C=O) groups excluding carboxylic acids is 2. The molecular formula is C34H37N9O5. The zero-order valence-corrected chi connectivity index (χ0v) is 27.4. The van der Waals surface area contributed by atoms with Crippen molar-refractivity contribution in [2.24, 2.45) is 12.5 Å². The van der Waals surface area contributed by atoms with Crippen molar-refractivity contribution in [1.82, 2.24) is 24.0 Å². The number of anilines is 4. The predicted octanol–water partition coefficient (Wildman–Crippen LogP) is 3.65. The van der Waals surface area contributed by atoms with Crippen molar-refractivity contribution >= 4 is 40.9 Å². The number of carbonyl (C=O) groups is 2. The number of pyridine rings is 1. The smallest absolute Gasteiger partial charge is 0.294 e. The lowest BCUT2D eigenvalue weighted by Crippen LogP contribution is -2.44. The summed E-state index contributed by atoms with van der Waals surface area (Å²) in [6.45, 7) is 8.31. The number of nitro benzene ring substituents is 1. The Kier molecular flexibility index (Phi) is 7.62. The standard InChI is InChI=1S/C34H37N9O5/c1-34(2)17-21-15-28-32(45)42(14-13-41(28)29(21)18-34)31-24(20-44)23(7-8-35-31)25-19-39(4)33(46)30(37-25)36-22-5-6-26(27(16-22)43(47)48)40-11-9-38(3)10-12-40/h5-8,15-16,19-20H,9-14,17-18H2,1-4H3,(H,36,37). The van der Waals surface area contributed by atoms with E-state index in [0.29, 0.717) is 60.8 Å². The highest BCUT2D eigenvalue weighted by atomic mass is 16.6. The average molecular weight is 652 g/mol. The number of amides is 1. The summed E-state index contributed by atoms with van der Waals surface area (Å²) in [4.78, 5) is 66.0. The highest BCUT2D eigenvalue weighted by Crippen LogP contribution is 2.40. The number of hydrogen-bond acceptors (Lipinski definition) is 10. The Hall–Kier alpha value is -5.37. The van der Waals surface area contributed by atoms with Gasteiger partial charge < -0.3 is 24.3 Å². The monoisotopic (exact) mass is 651 g/mol. The SMILES string of the molecule is CN1CCN(c2ccc(Nc3nc(-c4ccnc(N5CCn6c(cc7c6CC(C)(C)C7)C5=O)c4C=O)cn(C)c3=O)cc2[N+](=O)[O-])CC1. The van der Waals surface area contributed by atoms with Crippen LogP contribution in [-0.2, 0) is 26.4 Å². The van der Waals surface area contributed by atoms with E-state index in [2.05, 4.69) is 38.6 Å². The number of piperazine rings is 1. The lowest BCUT2D eigenvalue weighted by molar-refractivity contribution is -0.384. The van der Waals surface area contributed by atoms with E-state index >= 15 is 0 Å². The Morgan fingerprint density at radius 3 is 2.50 bits per heavy atom. The fourth-order valence-corrected chi connectivity index (χ4v) is 7.15. The van der Waals surface area contributed by atoms with Crippen LogP contribution in [0.2, 0.25) is 0 Å². The second-order valence-corrected chi connectivity index (χ2v) is 13.6. The molecule has 0 spiro atoms. The van der Waals surface area contributed by atoms with Crippen LogP contribution < -0.4 is 20.7 Å². The fourth-order valence-electron chi connectivity index (χ4n) is 7.15. The van der Waals surface area contributed by atoms with Crippen LogP contribution in [0.15, 0.2) is 47.5 Å². The van der Waals surface area contributed by atoms with Gasteiger partial charge in [-0.3, -0.25) is 29.4 Å². The van der Waals surface area contributed by atoms with Crippen molar-refractivity contribution < 1.29 is 14.5 Å². The molecular weight excluding hydrogens is 614 g/mol. The molecule has 248 valence electrons. The van der Waals surface area contributed by atoms with Crippen molar-refractivity contribution in [2.75, 3.05) is 54.9 Å². The largest absolute Gasteiger partial charge is 0.363 e. The van der Waals surface area contributed by atoms with Gasteiger partial charge in [-0.05, 0) is 55.1 Å². The highest BCUT2D eigenvalue weighted by molar-refractivity contribution is 6.08. The predicted molar refractivity (Wildman–Crippen MR) is 181 cm³/mol. The molecule has 14 nitrogen and oxygen atoms in total. The number of nitro groups is 1. The van der Waals surface area contributed by atoms with Crippen LogP contribution in [0.1, 0.15) is 46.0 Å². The molecule has 5 heterocycles. The molecule has 7 rings (SSSR count). The van der Waals surface area contributed by atoms with Crippen molar-refractivity contribution in [2.45, 2.75) is 33.2 Å². The number of fused-ring (bicyclic) bond motifs is 3. The zero-order valence-electron chi connectivity index (χ0n) is 27.4. The minimum atomic E-state index is -0.463. The summed E-state index contributed by atoms with van der Waals surface area (Å²) in [5.74, 6) is -0.0736. The first-order valence-electron chi connectivity index (χ1n) is 16.0. The molecule has 1 aliphatic carbocycles. The van der Waals surface area contributed by atoms with E-state index in [1.165, 1.54) is 39.2 Å². The number of likely N-dealkylation sites (N-methyl/N-ethyl adjacent to an activating group) is 1. The normalized spacial score (nSPS) is 17.3. The molecule has 1 N–H and O–H groups in total. The second-order valence-electron chi connectivity index (χ2n) is 13.6. The number of rotatable bonds is 7. The summed E-state index contributed by atoms with van der Waals surface area (Å²) in [6, 6.07) is 8.36. The van der Waals surface area contributed by atoms with E-state index in [1.807, 2.05) is 18.0 Å². The molecule has 3 aliphatic rings. The van der Waals surface area contributed by atoms with Gasteiger partial charge in [0.1, 0.15) is 17.2 Å². The van der Waals surface area contributed by atoms with Gasteiger partial charge in [0.05, 0.1) is 16.2 Å². The molecule has 4 aromatic rings. The maximum absolute atomic E-state index is 13.8. The highest BCUT2D eigenvalue weighted by Gasteiger charge is 2.37. The maximum Gasteiger partial charge on any atom is 0.294 e. The van der Waals surface area contributed by atoms with Crippen molar-refractivity contribution in [3.63, 3.8) is 0 Å². The van der Waals surface area contributed by atoms with Crippen LogP contribution in [0.3, 0.4) is 0 Å². The van der Waals surface area contributed by atoms with Gasteiger partial charge >= 0.3 is 0 Å². The Morgan fingerprint density at radius 1 is 1.00 bits per heavy atom. The van der Waals surface area contributed by atoms with E-state index in [9.17, 15) is 24.5 Å². The molecule has 3 aromatic heterocycles. The van der Waals surface area contributed by atoms with Gasteiger partial charge in [0, 0.05) is 81.7 Å². The Balaban J connectivity index is 1.21. The summed E-state index contributed by atoms with van der Waals surface area (Å²) >= 11 is 0. The summed E-state index contributed by atoms with van der Waals surface area (Å²) in [5, 5.41) is 15.0. The number of aromatic nitrogens is 4. The Morgan fingerprint density at radius 2 is 1.77 bits per heavy atom. The number of aldehydes is 1. The van der Waals surface area contributed by atoms with Crippen LogP contribution in [0.5, 0.6) is 0 Å². The molecule has 48 heavy (non-hydrogen) atoms. The number of aryl methyl sites for hydroxylation is 1. The van der Waals surface area contributed by atoms with Gasteiger partial charge in [-0.2, -0.15) is 0 Å². The quantitative estimate of drug-likeness (QED) is 0.178. The summed E-state index contributed by atoms with van der Waals surface area (Å²) < 4.78 is 3.43. The topological polar surface area (TPSA) is 152 Å². The average Bonchev–Trinajstić information content (AvgIpc) is 3.55. The molecule has 0 radical (unpaired) electrons. The Labute approximate surface area is 276 Å². The van der Waals surface area contributed by atoms with Gasteiger partial charge in [-0.1, -0.05) is 13.8 Å². The minimum absolute atomic E-state index is 0.0730.